The van der Waals surface area contributed by atoms with Gasteiger partial charge in [-0.15, -0.1) is 0 Å². The van der Waals surface area contributed by atoms with E-state index < -0.39 is 0 Å². The molecule has 3 nitrogen and oxygen atoms in total. The normalized spacial score (nSPS) is 23.5. The molecule has 13 heavy (non-hydrogen) atoms. The molecule has 0 amide bonds. The van der Waals surface area contributed by atoms with Gasteiger partial charge >= 0.3 is 0 Å². The minimum atomic E-state index is -0.318. The maximum atomic E-state index is 5.80. The lowest BCUT2D eigenvalue weighted by molar-refractivity contribution is 0.387. The summed E-state index contributed by atoms with van der Waals surface area (Å²) >= 11 is 5.80. The van der Waals surface area contributed by atoms with Crippen LogP contribution in [0.3, 0.4) is 0 Å². The summed E-state index contributed by atoms with van der Waals surface area (Å²) in [5.74, 6) is 2.17. The topological polar surface area (TPSA) is 38.9 Å². The highest BCUT2D eigenvalue weighted by atomic mass is 35.5. The van der Waals surface area contributed by atoms with E-state index in [1.807, 2.05) is 18.4 Å². The van der Waals surface area contributed by atoms with Gasteiger partial charge in [0.1, 0.15) is 0 Å². The van der Waals surface area contributed by atoms with E-state index in [0.717, 1.165) is 10.8 Å². The maximum Gasteiger partial charge on any atom is 0.235 e. The number of aryl methyl sites for hydroxylation is 1. The third-order valence-corrected chi connectivity index (χ3v) is 3.77. The highest BCUT2D eigenvalue weighted by Gasteiger charge is 2.09. The summed E-state index contributed by atoms with van der Waals surface area (Å²) in [5, 5.41) is 8.66. The molecule has 5 heteroatoms. The molecule has 0 spiro atoms. The molecule has 0 aromatic carbocycles. The smallest absolute Gasteiger partial charge is 0.235 e. The SMILES string of the molecule is Cc1noc(C[SH]2C=CC(Cl)=C2)n1. The molecule has 0 N–H and O–H groups in total. The standard InChI is InChI=1S/C8H9ClN2OS/c1-6-10-8(12-11-6)5-13-3-2-7(9)4-13/h2-4,13H,5H2,1H3. The molecule has 0 aliphatic carbocycles. The lowest BCUT2D eigenvalue weighted by atomic mass is 10.6. The molecule has 70 valence electrons. The van der Waals surface area contributed by atoms with Crippen molar-refractivity contribution in [3.8, 4) is 0 Å². The summed E-state index contributed by atoms with van der Waals surface area (Å²) in [7, 11) is -0.318. The van der Waals surface area contributed by atoms with E-state index >= 15 is 0 Å². The Bertz CT molecular complexity index is 372. The van der Waals surface area contributed by atoms with Crippen LogP contribution < -0.4 is 0 Å². The quantitative estimate of drug-likeness (QED) is 0.772. The number of rotatable bonds is 2. The van der Waals surface area contributed by atoms with Crippen molar-refractivity contribution in [2.45, 2.75) is 12.7 Å². The van der Waals surface area contributed by atoms with E-state index in [4.69, 9.17) is 16.1 Å². The summed E-state index contributed by atoms with van der Waals surface area (Å²) < 4.78 is 5.01. The third kappa shape index (κ3) is 2.14. The number of thiol groups is 1. The van der Waals surface area contributed by atoms with Gasteiger partial charge in [0, 0.05) is 5.03 Å². The second kappa shape index (κ2) is 3.55. The fourth-order valence-corrected chi connectivity index (χ4v) is 3.08. The van der Waals surface area contributed by atoms with Crippen LogP contribution in [0.1, 0.15) is 11.7 Å². The van der Waals surface area contributed by atoms with Crippen LogP contribution in [-0.2, 0) is 5.75 Å². The first-order valence-corrected chi connectivity index (χ1v) is 5.89. The van der Waals surface area contributed by atoms with E-state index in [1.54, 1.807) is 0 Å². The Balaban J connectivity index is 2.04. The van der Waals surface area contributed by atoms with Gasteiger partial charge < -0.3 is 4.52 Å². The number of aromatic nitrogens is 2. The van der Waals surface area contributed by atoms with Crippen molar-refractivity contribution in [3.05, 3.63) is 33.6 Å². The van der Waals surface area contributed by atoms with Gasteiger partial charge in [0.15, 0.2) is 5.82 Å². The van der Waals surface area contributed by atoms with Gasteiger partial charge in [-0.05, 0) is 23.8 Å². The molecule has 1 atom stereocenters. The van der Waals surface area contributed by atoms with Crippen LogP contribution in [0, 0.1) is 6.92 Å². The van der Waals surface area contributed by atoms with Gasteiger partial charge in [-0.25, -0.2) is 10.9 Å². The Morgan fingerprint density at radius 1 is 1.62 bits per heavy atom. The van der Waals surface area contributed by atoms with Crippen LogP contribution in [-0.4, -0.2) is 10.1 Å². The lowest BCUT2D eigenvalue weighted by Crippen LogP contribution is -1.82. The van der Waals surface area contributed by atoms with Gasteiger partial charge in [0.05, 0.1) is 5.75 Å². The number of hydrogen-bond donors (Lipinski definition) is 1. The molecule has 1 aliphatic heterocycles. The summed E-state index contributed by atoms with van der Waals surface area (Å²) in [6.07, 6.45) is 1.91. The van der Waals surface area contributed by atoms with E-state index in [1.165, 1.54) is 0 Å². The first-order chi connectivity index (χ1) is 6.24. The molecule has 0 saturated carbocycles. The van der Waals surface area contributed by atoms with Gasteiger partial charge in [-0.3, -0.25) is 0 Å². The van der Waals surface area contributed by atoms with Gasteiger partial charge in [0.25, 0.3) is 0 Å². The molecular formula is C8H9ClN2OS. The van der Waals surface area contributed by atoms with E-state index in [2.05, 4.69) is 15.5 Å². The van der Waals surface area contributed by atoms with Crippen molar-refractivity contribution in [1.29, 1.82) is 0 Å². The zero-order valence-corrected chi connectivity index (χ0v) is 8.72. The Hall–Kier alpha value is -0.740. The van der Waals surface area contributed by atoms with Crippen molar-refractivity contribution in [2.75, 3.05) is 0 Å². The van der Waals surface area contributed by atoms with Crippen molar-refractivity contribution in [1.82, 2.24) is 10.1 Å². The summed E-state index contributed by atoms with van der Waals surface area (Å²) in [4.78, 5) is 4.13. The summed E-state index contributed by atoms with van der Waals surface area (Å²) in [6, 6.07) is 0. The van der Waals surface area contributed by atoms with Crippen LogP contribution in [0.15, 0.2) is 26.4 Å². The fraction of sp³-hybridized carbons (Fsp3) is 0.250. The van der Waals surface area contributed by atoms with Crippen LogP contribution in [0.5, 0.6) is 0 Å². The molecule has 1 aromatic rings. The molecule has 1 unspecified atom stereocenters. The lowest BCUT2D eigenvalue weighted by Gasteiger charge is -2.03. The van der Waals surface area contributed by atoms with Crippen molar-refractivity contribution in [3.63, 3.8) is 0 Å². The Morgan fingerprint density at radius 3 is 3.00 bits per heavy atom. The second-order valence-corrected chi connectivity index (χ2v) is 5.07. The van der Waals surface area contributed by atoms with Crippen LogP contribution >= 0.6 is 22.5 Å². The average Bonchev–Trinajstić information content (AvgIpc) is 2.62. The van der Waals surface area contributed by atoms with Gasteiger partial charge in [-0.2, -0.15) is 4.98 Å². The minimum Gasteiger partial charge on any atom is -0.339 e. The van der Waals surface area contributed by atoms with E-state index in [-0.39, 0.29) is 10.9 Å². The Kier molecular flexibility index (Phi) is 2.42. The minimum absolute atomic E-state index is 0.318. The predicted octanol–water partition coefficient (Wildman–Crippen LogP) is 2.49. The van der Waals surface area contributed by atoms with Gasteiger partial charge in [-0.1, -0.05) is 16.8 Å². The largest absolute Gasteiger partial charge is 0.339 e. The first kappa shape index (κ1) is 8.84. The average molecular weight is 217 g/mol. The monoisotopic (exact) mass is 216 g/mol. The molecule has 1 aromatic heterocycles. The molecule has 2 rings (SSSR count). The Morgan fingerprint density at radius 2 is 2.46 bits per heavy atom. The van der Waals surface area contributed by atoms with Crippen LogP contribution in [0.25, 0.3) is 0 Å². The van der Waals surface area contributed by atoms with Crippen molar-refractivity contribution < 1.29 is 4.52 Å². The van der Waals surface area contributed by atoms with Crippen LogP contribution in [0.2, 0.25) is 0 Å². The molecule has 0 bridgehead atoms. The number of hydrogen-bond acceptors (Lipinski definition) is 3. The first-order valence-electron chi connectivity index (χ1n) is 3.84. The fourth-order valence-electron chi connectivity index (χ4n) is 1.07. The number of nitrogens with zero attached hydrogens (tertiary/aromatic N) is 2. The zero-order chi connectivity index (χ0) is 9.26. The van der Waals surface area contributed by atoms with Crippen molar-refractivity contribution >= 4 is 22.5 Å². The molecular weight excluding hydrogens is 208 g/mol. The van der Waals surface area contributed by atoms with Crippen molar-refractivity contribution in [2.24, 2.45) is 0 Å². The van der Waals surface area contributed by atoms with E-state index in [0.29, 0.717) is 11.7 Å². The summed E-state index contributed by atoms with van der Waals surface area (Å²) in [6.45, 7) is 1.81. The van der Waals surface area contributed by atoms with Gasteiger partial charge in [0.2, 0.25) is 5.89 Å². The molecule has 0 fully saturated rings. The maximum absolute atomic E-state index is 5.80. The number of allylic oxidation sites excluding steroid dienone is 2. The molecule has 0 radical (unpaired) electrons. The van der Waals surface area contributed by atoms with Crippen LogP contribution in [0.4, 0.5) is 0 Å². The summed E-state index contributed by atoms with van der Waals surface area (Å²) in [5.41, 5.74) is 0. The molecule has 2 heterocycles. The highest BCUT2D eigenvalue weighted by Crippen LogP contribution is 2.39. The van der Waals surface area contributed by atoms with E-state index in [9.17, 15) is 0 Å². The second-order valence-electron chi connectivity index (χ2n) is 2.74. The number of halogens is 1. The Labute approximate surface area is 83.8 Å². The predicted molar refractivity (Wildman–Crippen MR) is 54.8 cm³/mol. The molecule has 1 aliphatic rings. The third-order valence-electron chi connectivity index (χ3n) is 1.60. The highest BCUT2D eigenvalue weighted by molar-refractivity contribution is 8.21. The molecule has 0 saturated heterocycles. The zero-order valence-electron chi connectivity index (χ0n) is 7.07.